The Hall–Kier alpha value is -2.84. The van der Waals surface area contributed by atoms with Crippen LogP contribution in [0.25, 0.3) is 6.08 Å². The van der Waals surface area contributed by atoms with E-state index in [0.717, 1.165) is 65.4 Å². The van der Waals surface area contributed by atoms with Crippen LogP contribution in [0.2, 0.25) is 10.0 Å². The van der Waals surface area contributed by atoms with Crippen LogP contribution in [0.4, 0.5) is 17.1 Å². The average Bonchev–Trinajstić information content (AvgIpc) is 2.89. The predicted octanol–water partition coefficient (Wildman–Crippen LogP) is 8.06. The molecule has 0 radical (unpaired) electrons. The first-order valence-corrected chi connectivity index (χ1v) is 14.0. The lowest BCUT2D eigenvalue weighted by Gasteiger charge is -2.42. The number of halogens is 2. The van der Waals surface area contributed by atoms with E-state index in [0.29, 0.717) is 20.3 Å². The maximum atomic E-state index is 6.54. The van der Waals surface area contributed by atoms with Gasteiger partial charge in [0.25, 0.3) is 0 Å². The highest BCUT2D eigenvalue weighted by Gasteiger charge is 2.37. The van der Waals surface area contributed by atoms with Crippen LogP contribution in [0.15, 0.2) is 60.7 Å². The molecule has 0 aliphatic carbocycles. The second kappa shape index (κ2) is 11.1. The lowest BCUT2D eigenvalue weighted by Crippen LogP contribution is -2.50. The maximum absolute atomic E-state index is 6.54. The van der Waals surface area contributed by atoms with Gasteiger partial charge in [-0.15, -0.1) is 0 Å². The maximum Gasteiger partial charge on any atom is 0.175 e. The smallest absolute Gasteiger partial charge is 0.175 e. The molecule has 1 saturated heterocycles. The van der Waals surface area contributed by atoms with Crippen LogP contribution in [-0.4, -0.2) is 33.8 Å². The van der Waals surface area contributed by atoms with Gasteiger partial charge in [-0.3, -0.25) is 0 Å². The monoisotopic (exact) mass is 582 g/mol. The number of fused-ring (bicyclic) bond motifs is 1. The third-order valence-electron chi connectivity index (χ3n) is 6.93. The van der Waals surface area contributed by atoms with Crippen LogP contribution in [0, 0.1) is 13.8 Å². The van der Waals surface area contributed by atoms with Crippen LogP contribution < -0.4 is 20.7 Å². The molecule has 2 heterocycles. The zero-order valence-corrected chi connectivity index (χ0v) is 24.3. The molecule has 3 N–H and O–H groups in total. The Morgan fingerprint density at radius 3 is 2.13 bits per heavy atom. The summed E-state index contributed by atoms with van der Waals surface area (Å²) in [7, 11) is 0. The Bertz CT molecular complexity index is 1430. The molecule has 1 fully saturated rings. The molecular weight excluding hydrogens is 555 g/mol. The number of ether oxygens (including phenoxy) is 1. The van der Waals surface area contributed by atoms with E-state index in [2.05, 4.69) is 33.0 Å². The van der Waals surface area contributed by atoms with Gasteiger partial charge >= 0.3 is 0 Å². The Labute approximate surface area is 244 Å². The minimum absolute atomic E-state index is 0.332. The molecule has 9 heteroatoms. The zero-order valence-electron chi connectivity index (χ0n) is 21.1. The second-order valence-electron chi connectivity index (χ2n) is 9.67. The summed E-state index contributed by atoms with van der Waals surface area (Å²) in [5, 5.41) is 12.4. The van der Waals surface area contributed by atoms with E-state index in [-0.39, 0.29) is 5.60 Å². The highest BCUT2D eigenvalue weighted by molar-refractivity contribution is 7.80. The van der Waals surface area contributed by atoms with Crippen molar-refractivity contribution in [2.24, 2.45) is 0 Å². The third-order valence-corrected chi connectivity index (χ3v) is 7.97. The molecular formula is C29H28Cl2N4OS2. The molecule has 3 aromatic rings. The number of aryl methyl sites for hydroxylation is 2. The lowest BCUT2D eigenvalue weighted by molar-refractivity contribution is 0.0594. The first kappa shape index (κ1) is 26.8. The van der Waals surface area contributed by atoms with Crippen molar-refractivity contribution in [1.82, 2.24) is 4.90 Å². The van der Waals surface area contributed by atoms with Crippen molar-refractivity contribution in [3.05, 3.63) is 87.4 Å². The van der Waals surface area contributed by atoms with Crippen LogP contribution in [0.1, 0.15) is 29.5 Å². The Kier molecular flexibility index (Phi) is 7.82. The SMILES string of the molecule is Cc1ccc(Cl)cc1NC(=S)Nc1ccc2c(c1)C=CC1(CCN(C(=S)Nc3cc(Cl)ccc3C)CC1)O2. The van der Waals surface area contributed by atoms with Crippen molar-refractivity contribution in [3.63, 3.8) is 0 Å². The van der Waals surface area contributed by atoms with Crippen molar-refractivity contribution in [3.8, 4) is 5.75 Å². The number of thiocarbonyl (C=S) groups is 2. The predicted molar refractivity (Wildman–Crippen MR) is 168 cm³/mol. The molecule has 2 aliphatic rings. The van der Waals surface area contributed by atoms with Crippen LogP contribution >= 0.6 is 47.6 Å². The fraction of sp³-hybridized carbons (Fsp3) is 0.241. The summed E-state index contributed by atoms with van der Waals surface area (Å²) in [5.74, 6) is 0.867. The van der Waals surface area contributed by atoms with Gasteiger partial charge in [0, 0.05) is 58.6 Å². The Morgan fingerprint density at radius 1 is 0.842 bits per heavy atom. The minimum atomic E-state index is -0.332. The molecule has 38 heavy (non-hydrogen) atoms. The number of rotatable bonds is 3. The second-order valence-corrected chi connectivity index (χ2v) is 11.3. The van der Waals surface area contributed by atoms with Gasteiger partial charge in [0.2, 0.25) is 0 Å². The third kappa shape index (κ3) is 6.07. The van der Waals surface area contributed by atoms with Crippen molar-refractivity contribution in [2.75, 3.05) is 29.0 Å². The highest BCUT2D eigenvalue weighted by Crippen LogP contribution is 2.38. The summed E-state index contributed by atoms with van der Waals surface area (Å²) in [5.41, 5.74) is 5.54. The highest BCUT2D eigenvalue weighted by atomic mass is 35.5. The molecule has 5 nitrogen and oxygen atoms in total. The number of likely N-dealkylation sites (tertiary alicyclic amines) is 1. The molecule has 2 aliphatic heterocycles. The van der Waals surface area contributed by atoms with Crippen molar-refractivity contribution in [1.29, 1.82) is 0 Å². The molecule has 0 bridgehead atoms. The van der Waals surface area contributed by atoms with E-state index in [1.54, 1.807) is 0 Å². The van der Waals surface area contributed by atoms with E-state index >= 15 is 0 Å². The molecule has 1 spiro atoms. The number of benzene rings is 3. The number of anilines is 3. The van der Waals surface area contributed by atoms with E-state index in [4.69, 9.17) is 52.4 Å². The molecule has 0 amide bonds. The topological polar surface area (TPSA) is 48.6 Å². The average molecular weight is 584 g/mol. The summed E-state index contributed by atoms with van der Waals surface area (Å²) in [6.07, 6.45) is 6.00. The van der Waals surface area contributed by atoms with Gasteiger partial charge in [-0.25, -0.2) is 0 Å². The summed E-state index contributed by atoms with van der Waals surface area (Å²) in [6.45, 7) is 5.64. The van der Waals surface area contributed by atoms with Crippen molar-refractivity contribution in [2.45, 2.75) is 32.3 Å². The van der Waals surface area contributed by atoms with E-state index in [1.807, 2.05) is 68.4 Å². The summed E-state index contributed by atoms with van der Waals surface area (Å²) in [4.78, 5) is 2.19. The van der Waals surface area contributed by atoms with Crippen LogP contribution in [0.3, 0.4) is 0 Å². The van der Waals surface area contributed by atoms with Gasteiger partial charge in [0.1, 0.15) is 11.4 Å². The van der Waals surface area contributed by atoms with Gasteiger partial charge in [0.15, 0.2) is 10.2 Å². The summed E-state index contributed by atoms with van der Waals surface area (Å²) >= 11 is 23.5. The summed E-state index contributed by atoms with van der Waals surface area (Å²) < 4.78 is 6.54. The van der Waals surface area contributed by atoms with E-state index in [9.17, 15) is 0 Å². The molecule has 0 unspecified atom stereocenters. The lowest BCUT2D eigenvalue weighted by atomic mass is 9.88. The van der Waals surface area contributed by atoms with Gasteiger partial charge in [-0.05, 0) is 98.0 Å². The Morgan fingerprint density at radius 2 is 1.47 bits per heavy atom. The van der Waals surface area contributed by atoms with E-state index in [1.165, 1.54) is 0 Å². The number of hydrogen-bond acceptors (Lipinski definition) is 3. The first-order chi connectivity index (χ1) is 18.2. The standard InChI is InChI=1S/C29H28Cl2N4OS2/c1-18-3-5-21(30)16-24(18)33-27(37)32-23-7-8-26-20(15-23)9-10-29(36-26)11-13-35(14-12-29)28(38)34-25-17-22(31)6-4-19(25)2/h3-10,15-17H,11-14H2,1-2H3,(H,34,38)(H2,32,33,37). The fourth-order valence-electron chi connectivity index (χ4n) is 4.64. The number of piperidine rings is 1. The van der Waals surface area contributed by atoms with Gasteiger partial charge in [0.05, 0.1) is 0 Å². The van der Waals surface area contributed by atoms with E-state index < -0.39 is 0 Å². The van der Waals surface area contributed by atoms with Crippen molar-refractivity contribution >= 4 is 81.0 Å². The normalized spacial score (nSPS) is 15.4. The minimum Gasteiger partial charge on any atom is -0.482 e. The number of hydrogen-bond donors (Lipinski definition) is 3. The quantitative estimate of drug-likeness (QED) is 0.270. The molecule has 0 atom stereocenters. The Balaban J connectivity index is 1.19. The molecule has 196 valence electrons. The van der Waals surface area contributed by atoms with Crippen molar-refractivity contribution < 1.29 is 4.74 Å². The van der Waals surface area contributed by atoms with Crippen LogP contribution in [-0.2, 0) is 0 Å². The van der Waals surface area contributed by atoms with Gasteiger partial charge in [-0.2, -0.15) is 0 Å². The molecule has 3 aromatic carbocycles. The van der Waals surface area contributed by atoms with Gasteiger partial charge in [-0.1, -0.05) is 41.4 Å². The molecule has 0 saturated carbocycles. The zero-order chi connectivity index (χ0) is 26.9. The largest absolute Gasteiger partial charge is 0.482 e. The first-order valence-electron chi connectivity index (χ1n) is 12.4. The fourth-order valence-corrected chi connectivity index (χ4v) is 5.50. The molecule has 5 rings (SSSR count). The summed E-state index contributed by atoms with van der Waals surface area (Å²) in [6, 6.07) is 17.5. The number of nitrogens with zero attached hydrogens (tertiary/aromatic N) is 1. The van der Waals surface area contributed by atoms with Crippen LogP contribution in [0.5, 0.6) is 5.75 Å². The number of nitrogens with one attached hydrogen (secondary N) is 3. The molecule has 0 aromatic heterocycles. The van der Waals surface area contributed by atoms with Gasteiger partial charge < -0.3 is 25.6 Å².